The van der Waals surface area contributed by atoms with E-state index in [4.69, 9.17) is 4.99 Å². The van der Waals surface area contributed by atoms with Crippen LogP contribution in [0.15, 0.2) is 70.7 Å². The third-order valence-electron chi connectivity index (χ3n) is 3.62. The first kappa shape index (κ1) is 17.9. The fourth-order valence-electron chi connectivity index (χ4n) is 2.25. The van der Waals surface area contributed by atoms with Gasteiger partial charge in [0.25, 0.3) is 0 Å². The zero-order valence-corrected chi connectivity index (χ0v) is 14.7. The molecule has 0 aliphatic heterocycles. The molecule has 2 rings (SSSR count). The molecule has 0 amide bonds. The van der Waals surface area contributed by atoms with Crippen LogP contribution in [0.4, 0.5) is 11.4 Å². The zero-order valence-electron chi connectivity index (χ0n) is 14.7. The lowest BCUT2D eigenvalue weighted by Gasteiger charge is -2.01. The van der Waals surface area contributed by atoms with Crippen LogP contribution in [0, 0.1) is 0 Å². The molecule has 0 radical (unpaired) electrons. The molecule has 0 unspecified atom stereocenters. The van der Waals surface area contributed by atoms with Gasteiger partial charge < -0.3 is 0 Å². The smallest absolute Gasteiger partial charge is 0.0633 e. The highest BCUT2D eigenvalue weighted by molar-refractivity contribution is 6.31. The Hall–Kier alpha value is -2.48. The van der Waals surface area contributed by atoms with Crippen LogP contribution in [0.3, 0.4) is 0 Å². The lowest BCUT2D eigenvalue weighted by Crippen LogP contribution is -1.99. The Labute approximate surface area is 145 Å². The quantitative estimate of drug-likeness (QED) is 0.479. The molecule has 2 nitrogen and oxygen atoms in total. The van der Waals surface area contributed by atoms with Crippen molar-refractivity contribution in [1.29, 1.82) is 0 Å². The summed E-state index contributed by atoms with van der Waals surface area (Å²) in [4.78, 5) is 9.32. The third kappa shape index (κ3) is 6.33. The SMILES string of the molecule is CCC=Cc1ccc(N=CC(CCCC)=Nc2ccccc2)cc1. The van der Waals surface area contributed by atoms with Gasteiger partial charge in [0.2, 0.25) is 0 Å². The molecule has 0 fully saturated rings. The summed E-state index contributed by atoms with van der Waals surface area (Å²) in [5.41, 5.74) is 4.17. The second-order valence-corrected chi connectivity index (χ2v) is 5.70. The molecule has 0 atom stereocenters. The maximum absolute atomic E-state index is 4.73. The summed E-state index contributed by atoms with van der Waals surface area (Å²) in [5, 5.41) is 0. The molecule has 0 saturated heterocycles. The molecule has 0 aliphatic rings. The van der Waals surface area contributed by atoms with Crippen molar-refractivity contribution in [2.75, 3.05) is 0 Å². The lowest BCUT2D eigenvalue weighted by molar-refractivity contribution is 0.839. The van der Waals surface area contributed by atoms with Crippen LogP contribution in [-0.2, 0) is 0 Å². The van der Waals surface area contributed by atoms with Crippen molar-refractivity contribution in [3.8, 4) is 0 Å². The summed E-state index contributed by atoms with van der Waals surface area (Å²) in [5.74, 6) is 0. The van der Waals surface area contributed by atoms with Crippen LogP contribution in [0.2, 0.25) is 0 Å². The second-order valence-electron chi connectivity index (χ2n) is 5.70. The van der Waals surface area contributed by atoms with E-state index in [0.717, 1.165) is 42.8 Å². The van der Waals surface area contributed by atoms with Crippen LogP contribution in [0.25, 0.3) is 6.08 Å². The minimum absolute atomic E-state index is 0.951. The average molecular weight is 318 g/mol. The molecule has 124 valence electrons. The topological polar surface area (TPSA) is 24.7 Å². The largest absolute Gasteiger partial charge is 0.255 e. The maximum atomic E-state index is 4.73. The van der Waals surface area contributed by atoms with Crippen molar-refractivity contribution in [2.45, 2.75) is 39.5 Å². The number of benzene rings is 2. The highest BCUT2D eigenvalue weighted by atomic mass is 14.8. The number of allylic oxidation sites excluding steroid dienone is 1. The molecule has 2 aromatic rings. The zero-order chi connectivity index (χ0) is 17.0. The molecule has 0 bridgehead atoms. The Bertz CT molecular complexity index is 680. The number of hydrogen-bond donors (Lipinski definition) is 0. The van der Waals surface area contributed by atoms with Gasteiger partial charge >= 0.3 is 0 Å². The first-order valence-corrected chi connectivity index (χ1v) is 8.75. The van der Waals surface area contributed by atoms with Crippen molar-refractivity contribution in [3.63, 3.8) is 0 Å². The molecular weight excluding hydrogens is 292 g/mol. The molecule has 0 spiro atoms. The predicted molar refractivity (Wildman–Crippen MR) is 107 cm³/mol. The molecule has 2 aromatic carbocycles. The summed E-state index contributed by atoms with van der Waals surface area (Å²) in [6.45, 7) is 4.33. The van der Waals surface area contributed by atoms with Crippen LogP contribution < -0.4 is 0 Å². The van der Waals surface area contributed by atoms with Crippen molar-refractivity contribution < 1.29 is 0 Å². The summed E-state index contributed by atoms with van der Waals surface area (Å²) in [6, 6.07) is 18.4. The lowest BCUT2D eigenvalue weighted by atomic mass is 10.1. The van der Waals surface area contributed by atoms with Crippen molar-refractivity contribution in [1.82, 2.24) is 0 Å². The van der Waals surface area contributed by atoms with Gasteiger partial charge in [-0.3, -0.25) is 9.98 Å². The molecular formula is C22H26N2. The Morgan fingerprint density at radius 3 is 2.33 bits per heavy atom. The highest BCUT2D eigenvalue weighted by Gasteiger charge is 1.97. The van der Waals surface area contributed by atoms with Gasteiger partial charge in [0.15, 0.2) is 0 Å². The van der Waals surface area contributed by atoms with Gasteiger partial charge in [-0.1, -0.05) is 62.8 Å². The summed E-state index contributed by atoms with van der Waals surface area (Å²) in [7, 11) is 0. The second kappa shape index (κ2) is 10.3. The minimum Gasteiger partial charge on any atom is -0.255 e. The standard InChI is InChI=1S/C22H26N2/c1-3-5-10-19-14-16-20(17-15-19)23-18-22(11-6-4-2)24-21-12-8-7-9-13-21/h5,7-10,12-18H,3-4,6,11H2,1-2H3. The van der Waals surface area contributed by atoms with E-state index in [1.165, 1.54) is 5.56 Å². The molecule has 0 N–H and O–H groups in total. The van der Waals surface area contributed by atoms with E-state index in [0.29, 0.717) is 0 Å². The van der Waals surface area contributed by atoms with E-state index < -0.39 is 0 Å². The van der Waals surface area contributed by atoms with E-state index in [-0.39, 0.29) is 0 Å². The van der Waals surface area contributed by atoms with Gasteiger partial charge in [-0.2, -0.15) is 0 Å². The number of rotatable bonds is 8. The van der Waals surface area contributed by atoms with E-state index in [2.05, 4.69) is 43.1 Å². The fraction of sp³-hybridized carbons (Fsp3) is 0.273. The first-order valence-electron chi connectivity index (χ1n) is 8.75. The van der Waals surface area contributed by atoms with Crippen molar-refractivity contribution >= 4 is 29.4 Å². The summed E-state index contributed by atoms with van der Waals surface area (Å²) < 4.78 is 0. The van der Waals surface area contributed by atoms with Gasteiger partial charge in [0, 0.05) is 6.21 Å². The van der Waals surface area contributed by atoms with Gasteiger partial charge in [0.05, 0.1) is 17.1 Å². The normalized spacial score (nSPS) is 12.3. The van der Waals surface area contributed by atoms with Gasteiger partial charge in [0.1, 0.15) is 0 Å². The van der Waals surface area contributed by atoms with E-state index in [9.17, 15) is 0 Å². The van der Waals surface area contributed by atoms with Crippen molar-refractivity contribution in [3.05, 3.63) is 66.2 Å². The summed E-state index contributed by atoms with van der Waals surface area (Å²) >= 11 is 0. The number of hydrogen-bond acceptors (Lipinski definition) is 2. The van der Waals surface area contributed by atoms with E-state index in [1.807, 2.05) is 48.7 Å². The molecule has 2 heteroatoms. The molecule has 0 saturated carbocycles. The van der Waals surface area contributed by atoms with Crippen LogP contribution in [-0.4, -0.2) is 11.9 Å². The van der Waals surface area contributed by atoms with E-state index in [1.54, 1.807) is 0 Å². The Balaban J connectivity index is 2.12. The molecule has 0 heterocycles. The molecule has 0 aromatic heterocycles. The number of aliphatic imine (C=N–C) groups is 2. The maximum Gasteiger partial charge on any atom is 0.0633 e. The Morgan fingerprint density at radius 2 is 1.67 bits per heavy atom. The number of unbranched alkanes of at least 4 members (excludes halogenated alkanes) is 1. The monoisotopic (exact) mass is 318 g/mol. The van der Waals surface area contributed by atoms with Crippen molar-refractivity contribution in [2.24, 2.45) is 9.98 Å². The molecule has 24 heavy (non-hydrogen) atoms. The minimum atomic E-state index is 0.951. The predicted octanol–water partition coefficient (Wildman–Crippen LogP) is 6.78. The fourth-order valence-corrected chi connectivity index (χ4v) is 2.25. The highest BCUT2D eigenvalue weighted by Crippen LogP contribution is 2.15. The van der Waals surface area contributed by atoms with Crippen LogP contribution >= 0.6 is 0 Å². The van der Waals surface area contributed by atoms with Gasteiger partial charge in [-0.25, -0.2) is 0 Å². The average Bonchev–Trinajstić information content (AvgIpc) is 2.64. The van der Waals surface area contributed by atoms with Gasteiger partial charge in [-0.15, -0.1) is 0 Å². The number of para-hydroxylation sites is 1. The number of nitrogens with zero attached hydrogens (tertiary/aromatic N) is 2. The summed E-state index contributed by atoms with van der Waals surface area (Å²) in [6.07, 6.45) is 10.5. The van der Waals surface area contributed by atoms with Gasteiger partial charge in [-0.05, 0) is 49.1 Å². The Morgan fingerprint density at radius 1 is 0.917 bits per heavy atom. The van der Waals surface area contributed by atoms with Crippen LogP contribution in [0.1, 0.15) is 45.1 Å². The third-order valence-corrected chi connectivity index (χ3v) is 3.62. The Kier molecular flexibility index (Phi) is 7.69. The molecule has 0 aliphatic carbocycles. The van der Waals surface area contributed by atoms with E-state index >= 15 is 0 Å². The first-order chi connectivity index (χ1) is 11.8. The van der Waals surface area contributed by atoms with Crippen LogP contribution in [0.5, 0.6) is 0 Å².